The molecule has 12 aromatic rings. The summed E-state index contributed by atoms with van der Waals surface area (Å²) in [5.41, 5.74) is 49.0. The summed E-state index contributed by atoms with van der Waals surface area (Å²) in [6, 6.07) is 50.9. The van der Waals surface area contributed by atoms with E-state index in [-0.39, 0.29) is 65.0 Å². The molecule has 0 atom stereocenters. The van der Waals surface area contributed by atoms with Crippen molar-refractivity contribution in [2.75, 3.05) is 0 Å². The van der Waals surface area contributed by atoms with Crippen LogP contribution in [0.2, 0.25) is 0 Å². The van der Waals surface area contributed by atoms with E-state index in [1.165, 1.54) is 217 Å². The summed E-state index contributed by atoms with van der Waals surface area (Å²) in [5, 5.41) is 0. The average Bonchev–Trinajstić information content (AvgIpc) is 0.754. The molecule has 6 aromatic heterocycles. The maximum atomic E-state index is 7.77. The Morgan fingerprint density at radius 2 is 0.424 bits per heavy atom. The Morgan fingerprint density at radius 1 is 0.180 bits per heavy atom. The van der Waals surface area contributed by atoms with E-state index in [0.717, 1.165) is 33.8 Å². The van der Waals surface area contributed by atoms with Crippen molar-refractivity contribution in [1.82, 2.24) is 0 Å². The van der Waals surface area contributed by atoms with Gasteiger partial charge in [0.15, 0.2) is 37.2 Å². The van der Waals surface area contributed by atoms with Crippen LogP contribution < -0.4 is 27.4 Å². The van der Waals surface area contributed by atoms with Crippen molar-refractivity contribution in [3.05, 3.63) is 316 Å². The van der Waals surface area contributed by atoms with E-state index in [4.69, 9.17) is 12.3 Å². The molecule has 6 aliphatic rings. The van der Waals surface area contributed by atoms with E-state index in [2.05, 4.69) is 396 Å². The van der Waals surface area contributed by atoms with E-state index >= 15 is 0 Å². The molecule has 0 saturated heterocycles. The summed E-state index contributed by atoms with van der Waals surface area (Å²) in [7, 11) is 12.4. The monoisotopic (exact) mass is 1870 g/mol. The standard InChI is InChI=1S/2C23H32N.3C22H30N.C21H28N/c2*1-15-12-21(24(8)14-17(15)3)18-13-20-19(11-16(18)2)22(4,5)9-10-23(20,6)7;2*1-15-8-9-20(23(7)14-15)17-13-19-18(12-16(17)2)21(3,4)10-11-22(19,5)6;1-15-8-9-17(16(2)12-15)20-13-18-19(14-23(20)7)22(5,6)11-10-21(18,3)4;1-15-13-17-18(21(4,5)11-10-20(17,2)3)14-16(15)19-9-7-8-12-22(19)6/h2*11-14H,9-10H2,1-8H3;3*8-9,12-14H,10-11H2,1-7H3;7-9,12-14H,10-11H2,1-6H3/q6*+1/i3D3;;1D3;;1D3;. The molecule has 6 nitrogen and oxygen atoms in total. The zero-order chi connectivity index (χ0) is 110. The number of benzene rings is 6. The fourth-order valence-electron chi connectivity index (χ4n) is 23.7. The van der Waals surface area contributed by atoms with Crippen LogP contribution >= 0.6 is 0 Å². The summed E-state index contributed by atoms with van der Waals surface area (Å²) in [6.45, 7) is 72.1. The molecule has 6 aliphatic carbocycles. The number of aryl methyl sites for hydroxylation is 19. The lowest BCUT2D eigenvalue weighted by molar-refractivity contribution is -0.661. The Hall–Kier alpha value is -9.78. The molecule has 139 heavy (non-hydrogen) atoms. The first-order chi connectivity index (χ1) is 67.8. The van der Waals surface area contributed by atoms with Gasteiger partial charge in [-0.15, -0.1) is 0 Å². The number of fused-ring (bicyclic) bond motifs is 6. The molecule has 0 aliphatic heterocycles. The zero-order valence-electron chi connectivity index (χ0n) is 103. The molecule has 0 amide bonds. The first kappa shape index (κ1) is 94.1. The molecule has 18 rings (SSSR count). The molecule has 6 heterocycles. The second-order valence-electron chi connectivity index (χ2n) is 51.6. The first-order valence-corrected chi connectivity index (χ1v) is 52.1. The van der Waals surface area contributed by atoms with E-state index in [1.807, 2.05) is 55.3 Å². The molecule has 0 N–H and O–H groups in total. The maximum absolute atomic E-state index is 7.77. The van der Waals surface area contributed by atoms with Crippen LogP contribution in [0.3, 0.4) is 0 Å². The van der Waals surface area contributed by atoms with Gasteiger partial charge in [0.05, 0.1) is 0 Å². The third-order valence-electron chi connectivity index (χ3n) is 34.7. The predicted molar refractivity (Wildman–Crippen MR) is 592 cm³/mol. The normalized spacial score (nSPS) is 19.8. The van der Waals surface area contributed by atoms with Gasteiger partial charge >= 0.3 is 0 Å². The van der Waals surface area contributed by atoms with Crippen LogP contribution in [0.5, 0.6) is 0 Å². The van der Waals surface area contributed by atoms with Crippen molar-refractivity contribution in [3.8, 4) is 67.5 Å². The molecule has 0 saturated carbocycles. The van der Waals surface area contributed by atoms with Gasteiger partial charge in [0.2, 0.25) is 34.2 Å². The topological polar surface area (TPSA) is 23.3 Å². The number of hydrogen-bond donors (Lipinski definition) is 0. The minimum absolute atomic E-state index is 0.152. The molecule has 0 radical (unpaired) electrons. The van der Waals surface area contributed by atoms with Gasteiger partial charge in [0, 0.05) is 116 Å². The van der Waals surface area contributed by atoms with Crippen LogP contribution in [-0.4, -0.2) is 0 Å². The van der Waals surface area contributed by atoms with Crippen molar-refractivity contribution in [3.63, 3.8) is 0 Å². The smallest absolute Gasteiger partial charge is 0.201 e. The van der Waals surface area contributed by atoms with Crippen molar-refractivity contribution < 1.29 is 39.7 Å². The van der Waals surface area contributed by atoms with Gasteiger partial charge < -0.3 is 0 Å². The fraction of sp³-hybridized carbons (Fsp3) is 0.504. The molecular weight excluding hydrogens is 1680 g/mol. The number of nitrogens with zero attached hydrogens (tertiary/aromatic N) is 6. The van der Waals surface area contributed by atoms with E-state index in [1.54, 1.807) is 47.3 Å². The van der Waals surface area contributed by atoms with Gasteiger partial charge in [-0.1, -0.05) is 214 Å². The second kappa shape index (κ2) is 38.5. The van der Waals surface area contributed by atoms with E-state index < -0.39 is 20.6 Å². The quantitative estimate of drug-likeness (QED) is 0.148. The number of hydrogen-bond acceptors (Lipinski definition) is 0. The lowest BCUT2D eigenvalue weighted by Crippen LogP contribution is -2.40. The zero-order valence-corrected chi connectivity index (χ0v) is 93.9. The Morgan fingerprint density at radius 3 is 0.734 bits per heavy atom. The summed E-state index contributed by atoms with van der Waals surface area (Å²) >= 11 is 0. The van der Waals surface area contributed by atoms with Crippen LogP contribution in [0, 0.1) is 89.8 Å². The van der Waals surface area contributed by atoms with Crippen molar-refractivity contribution in [2.45, 2.75) is 398 Å². The van der Waals surface area contributed by atoms with Gasteiger partial charge in [-0.05, 0) is 392 Å². The largest absolute Gasteiger partial charge is 0.212 e. The van der Waals surface area contributed by atoms with Gasteiger partial charge in [0.25, 0.3) is 0 Å². The SMILES string of the molecule is Cc1cc(-c2cc3c(cc2C)C(C)(C)CCC3(C)C)[n+](C)cc1C.Cc1cc2c(cc1-c1cccc[n+]1C)C(C)(C)CCC2(C)C.Cc1ccc(-c2cc3c(cc2C)C(C)(C)CCC3(C)C)[n+](C)c1.[2H]C([2H])([2H])c1c[n+](C)c(-c2cc3c(cc2C)C(C)(C)CCC3(C)C)cc1C.[2H]C([2H])([2H])c1ccc(-c2cc3c(c[n+]2C)C(C)(C)CCC3(C)C)c(C)c1.[2H]C([2H])([2H])c1ccc(-c2cc3c(cc2C)C(C)(C)CCC3(C)C)[n+](C)c1. The molecule has 0 unspecified atom stereocenters. The van der Waals surface area contributed by atoms with Gasteiger partial charge in [-0.2, -0.15) is 0 Å². The third-order valence-corrected chi connectivity index (χ3v) is 34.7. The summed E-state index contributed by atoms with van der Waals surface area (Å²) < 4.78 is 81.9. The van der Waals surface area contributed by atoms with Crippen molar-refractivity contribution >= 4 is 0 Å². The van der Waals surface area contributed by atoms with E-state index in [0.29, 0.717) is 16.7 Å². The second-order valence-corrected chi connectivity index (χ2v) is 51.6. The fourth-order valence-corrected chi connectivity index (χ4v) is 23.7. The van der Waals surface area contributed by atoms with Gasteiger partial charge in [-0.25, -0.2) is 27.4 Å². The number of pyridine rings is 6. The lowest BCUT2D eigenvalue weighted by Gasteiger charge is -2.42. The molecule has 0 fully saturated rings. The minimum atomic E-state index is -2.09. The number of aromatic nitrogens is 6. The Balaban J connectivity index is 0.000000148. The summed E-state index contributed by atoms with van der Waals surface area (Å²) in [4.78, 5) is 0. The average molecular weight is 1870 g/mol. The van der Waals surface area contributed by atoms with E-state index in [9.17, 15) is 0 Å². The number of rotatable bonds is 6. The molecule has 6 heteroatoms. The maximum Gasteiger partial charge on any atom is 0.212 e. The van der Waals surface area contributed by atoms with Crippen LogP contribution in [0.4, 0.5) is 0 Å². The van der Waals surface area contributed by atoms with Crippen LogP contribution in [0.1, 0.15) is 395 Å². The Kier molecular flexibility index (Phi) is 26.1. The molecule has 738 valence electrons. The summed E-state index contributed by atoms with van der Waals surface area (Å²) in [5.74, 6) is 0. The highest BCUT2D eigenvalue weighted by molar-refractivity contribution is 5.72. The van der Waals surface area contributed by atoms with Crippen LogP contribution in [0.15, 0.2) is 177 Å². The highest BCUT2D eigenvalue weighted by Gasteiger charge is 2.46. The lowest BCUT2D eigenvalue weighted by atomic mass is 9.62. The molecule has 0 bridgehead atoms. The van der Waals surface area contributed by atoms with Gasteiger partial charge in [0.1, 0.15) is 42.3 Å². The highest BCUT2D eigenvalue weighted by Crippen LogP contribution is 2.55. The van der Waals surface area contributed by atoms with Crippen molar-refractivity contribution in [1.29, 1.82) is 0 Å². The molecule has 0 spiro atoms. The first-order valence-electron chi connectivity index (χ1n) is 56.6. The minimum Gasteiger partial charge on any atom is -0.201 e. The van der Waals surface area contributed by atoms with Crippen molar-refractivity contribution in [2.24, 2.45) is 42.3 Å². The predicted octanol–water partition coefficient (Wildman–Crippen LogP) is 31.2. The third kappa shape index (κ3) is 21.8. The van der Waals surface area contributed by atoms with Gasteiger partial charge in [-0.3, -0.25) is 0 Å². The molecular formula is C133H182N6+6. The van der Waals surface area contributed by atoms with Crippen LogP contribution in [0.25, 0.3) is 67.5 Å². The highest BCUT2D eigenvalue weighted by atomic mass is 15.0. The van der Waals surface area contributed by atoms with Crippen LogP contribution in [-0.2, 0) is 107 Å². The Labute approximate surface area is 858 Å². The summed E-state index contributed by atoms with van der Waals surface area (Å²) in [6.07, 6.45) is 27.1. The molecule has 6 aromatic carbocycles. The Bertz CT molecular complexity index is 6960.